The van der Waals surface area contributed by atoms with Crippen molar-refractivity contribution in [3.05, 3.63) is 36.4 Å². The van der Waals surface area contributed by atoms with Gasteiger partial charge in [0.1, 0.15) is 5.82 Å². The number of fused-ring (bicyclic) bond motifs is 1. The van der Waals surface area contributed by atoms with Crippen molar-refractivity contribution in [2.75, 3.05) is 44.3 Å². The molecule has 0 spiro atoms. The lowest BCUT2D eigenvalue weighted by Gasteiger charge is -2.30. The van der Waals surface area contributed by atoms with Gasteiger partial charge in [0.25, 0.3) is 0 Å². The van der Waals surface area contributed by atoms with Crippen molar-refractivity contribution in [2.45, 2.75) is 5.92 Å². The molecule has 2 aliphatic heterocycles. The van der Waals surface area contributed by atoms with E-state index < -0.39 is 0 Å². The third-order valence-electron chi connectivity index (χ3n) is 4.74. The molecule has 0 atom stereocenters. The summed E-state index contributed by atoms with van der Waals surface area (Å²) in [7, 11) is 0. The molecule has 3 aromatic rings. The number of rotatable bonds is 3. The average Bonchev–Trinajstić information content (AvgIpc) is 3.05. The predicted octanol–water partition coefficient (Wildman–Crippen LogP) is 0.710. The Morgan fingerprint density at radius 3 is 2.60 bits per heavy atom. The van der Waals surface area contributed by atoms with Crippen LogP contribution in [-0.4, -0.2) is 64.0 Å². The molecule has 0 saturated carbocycles. The molecule has 0 unspecified atom stereocenters. The first-order valence-electron chi connectivity index (χ1n) is 8.60. The first-order chi connectivity index (χ1) is 12.4. The van der Waals surface area contributed by atoms with E-state index in [1.54, 1.807) is 12.4 Å². The molecule has 0 amide bonds. The van der Waals surface area contributed by atoms with E-state index in [2.05, 4.69) is 15.2 Å². The van der Waals surface area contributed by atoms with Crippen molar-refractivity contribution < 1.29 is 4.74 Å². The van der Waals surface area contributed by atoms with Crippen molar-refractivity contribution in [2.24, 2.45) is 0 Å². The minimum atomic E-state index is 0.379. The van der Waals surface area contributed by atoms with Crippen LogP contribution >= 0.6 is 0 Å². The molecule has 0 aromatic carbocycles. The molecule has 8 heteroatoms. The molecule has 2 fully saturated rings. The number of nitrogens with zero attached hydrogens (tertiary/aromatic N) is 6. The molecule has 2 saturated heterocycles. The number of pyridine rings is 1. The molecule has 5 heterocycles. The minimum Gasteiger partial charge on any atom is -0.378 e. The van der Waals surface area contributed by atoms with Crippen LogP contribution < -0.4 is 10.2 Å². The van der Waals surface area contributed by atoms with Crippen LogP contribution in [0.4, 0.5) is 5.95 Å². The summed E-state index contributed by atoms with van der Waals surface area (Å²) in [6, 6.07) is 5.94. The summed E-state index contributed by atoms with van der Waals surface area (Å²) in [5.41, 5.74) is 2.75. The second-order valence-electron chi connectivity index (χ2n) is 6.37. The van der Waals surface area contributed by atoms with Gasteiger partial charge in [-0.05, 0) is 12.1 Å². The molecule has 0 radical (unpaired) electrons. The van der Waals surface area contributed by atoms with Gasteiger partial charge in [0.05, 0.1) is 18.9 Å². The summed E-state index contributed by atoms with van der Waals surface area (Å²) < 4.78 is 7.34. The number of aromatic nitrogens is 5. The number of hydrogen-bond donors (Lipinski definition) is 1. The maximum Gasteiger partial charge on any atom is 0.230 e. The summed E-state index contributed by atoms with van der Waals surface area (Å²) in [6.45, 7) is 4.93. The Balaban J connectivity index is 1.64. The first kappa shape index (κ1) is 14.7. The van der Waals surface area contributed by atoms with E-state index in [0.717, 1.165) is 54.9 Å². The molecule has 0 aliphatic carbocycles. The standard InChI is InChI=1S/C17H19N7O/c1-3-18-4-2-12(1)14-9-15-20-16(13-10-19-11-13)21-17(24(15)22-14)23-5-7-25-8-6-23/h1-4,9,13,19H,5-8,10-11H2. The molecule has 128 valence electrons. The largest absolute Gasteiger partial charge is 0.378 e. The van der Waals surface area contributed by atoms with E-state index in [-0.39, 0.29) is 0 Å². The summed E-state index contributed by atoms with van der Waals surface area (Å²) in [4.78, 5) is 15.9. The zero-order valence-electron chi connectivity index (χ0n) is 13.8. The minimum absolute atomic E-state index is 0.379. The highest BCUT2D eigenvalue weighted by molar-refractivity contribution is 5.64. The number of morpholine rings is 1. The van der Waals surface area contributed by atoms with Crippen molar-refractivity contribution in [3.63, 3.8) is 0 Å². The van der Waals surface area contributed by atoms with Gasteiger partial charge in [-0.15, -0.1) is 0 Å². The van der Waals surface area contributed by atoms with Crippen LogP contribution in [0.15, 0.2) is 30.6 Å². The summed E-state index contributed by atoms with van der Waals surface area (Å²) in [6.07, 6.45) is 3.55. The van der Waals surface area contributed by atoms with Crippen molar-refractivity contribution in [3.8, 4) is 11.3 Å². The lowest BCUT2D eigenvalue weighted by molar-refractivity contribution is 0.121. The Labute approximate surface area is 144 Å². The highest BCUT2D eigenvalue weighted by Gasteiger charge is 2.26. The molecule has 8 nitrogen and oxygen atoms in total. The summed E-state index contributed by atoms with van der Waals surface area (Å²) >= 11 is 0. The quantitative estimate of drug-likeness (QED) is 0.754. The average molecular weight is 337 g/mol. The van der Waals surface area contributed by atoms with Crippen LogP contribution in [0.1, 0.15) is 11.7 Å². The Hall–Kier alpha value is -2.58. The number of hydrogen-bond acceptors (Lipinski definition) is 7. The Bertz CT molecular complexity index is 885. The fourth-order valence-corrected chi connectivity index (χ4v) is 3.18. The van der Waals surface area contributed by atoms with E-state index >= 15 is 0 Å². The van der Waals surface area contributed by atoms with Crippen LogP contribution in [0.3, 0.4) is 0 Å². The zero-order valence-corrected chi connectivity index (χ0v) is 13.8. The second-order valence-corrected chi connectivity index (χ2v) is 6.37. The lowest BCUT2D eigenvalue weighted by atomic mass is 10.0. The van der Waals surface area contributed by atoms with E-state index in [1.807, 2.05) is 22.7 Å². The summed E-state index contributed by atoms with van der Waals surface area (Å²) in [5.74, 6) is 2.13. The third-order valence-corrected chi connectivity index (χ3v) is 4.74. The molecule has 5 rings (SSSR count). The van der Waals surface area contributed by atoms with Gasteiger partial charge >= 0.3 is 0 Å². The molecule has 1 N–H and O–H groups in total. The van der Waals surface area contributed by atoms with E-state index in [1.165, 1.54) is 0 Å². The topological polar surface area (TPSA) is 80.5 Å². The van der Waals surface area contributed by atoms with Gasteiger partial charge in [-0.2, -0.15) is 14.6 Å². The van der Waals surface area contributed by atoms with Gasteiger partial charge < -0.3 is 15.0 Å². The van der Waals surface area contributed by atoms with E-state index in [0.29, 0.717) is 19.1 Å². The number of anilines is 1. The molecular weight excluding hydrogens is 318 g/mol. The zero-order chi connectivity index (χ0) is 16.6. The van der Waals surface area contributed by atoms with Crippen LogP contribution in [0.25, 0.3) is 16.9 Å². The number of nitrogens with one attached hydrogen (secondary N) is 1. The van der Waals surface area contributed by atoms with Crippen LogP contribution in [-0.2, 0) is 4.74 Å². The van der Waals surface area contributed by atoms with Crippen LogP contribution in [0, 0.1) is 0 Å². The SMILES string of the molecule is c1cc(-c2cc3nc(C4CNC4)nc(N4CCOCC4)n3n2)ccn1. The van der Waals surface area contributed by atoms with Crippen molar-refractivity contribution in [1.29, 1.82) is 0 Å². The van der Waals surface area contributed by atoms with Gasteiger partial charge in [-0.3, -0.25) is 4.98 Å². The molecule has 25 heavy (non-hydrogen) atoms. The lowest BCUT2D eigenvalue weighted by Crippen LogP contribution is -2.42. The van der Waals surface area contributed by atoms with Gasteiger partial charge in [-0.1, -0.05) is 0 Å². The fraction of sp³-hybridized carbons (Fsp3) is 0.412. The monoisotopic (exact) mass is 337 g/mol. The van der Waals surface area contributed by atoms with E-state index in [9.17, 15) is 0 Å². The van der Waals surface area contributed by atoms with Gasteiger partial charge in [0.15, 0.2) is 5.65 Å². The predicted molar refractivity (Wildman–Crippen MR) is 92.7 cm³/mol. The van der Waals surface area contributed by atoms with Gasteiger partial charge in [-0.25, -0.2) is 4.98 Å². The summed E-state index contributed by atoms with van der Waals surface area (Å²) in [5, 5.41) is 8.06. The van der Waals surface area contributed by atoms with E-state index in [4.69, 9.17) is 19.8 Å². The Kier molecular flexibility index (Phi) is 3.57. The molecule has 2 aliphatic rings. The third kappa shape index (κ3) is 2.63. The highest BCUT2D eigenvalue weighted by atomic mass is 16.5. The van der Waals surface area contributed by atoms with Gasteiger partial charge in [0.2, 0.25) is 5.95 Å². The smallest absolute Gasteiger partial charge is 0.230 e. The van der Waals surface area contributed by atoms with Crippen LogP contribution in [0.5, 0.6) is 0 Å². The Morgan fingerprint density at radius 2 is 1.88 bits per heavy atom. The van der Waals surface area contributed by atoms with Crippen molar-refractivity contribution >= 4 is 11.6 Å². The maximum absolute atomic E-state index is 5.49. The molecular formula is C17H19N7O. The van der Waals surface area contributed by atoms with Crippen molar-refractivity contribution in [1.82, 2.24) is 29.9 Å². The van der Waals surface area contributed by atoms with Gasteiger partial charge in [0, 0.05) is 56.1 Å². The maximum atomic E-state index is 5.49. The highest BCUT2D eigenvalue weighted by Crippen LogP contribution is 2.25. The Morgan fingerprint density at radius 1 is 1.08 bits per heavy atom. The second kappa shape index (κ2) is 6.05. The molecule has 3 aromatic heterocycles. The molecule has 0 bridgehead atoms. The normalized spacial score (nSPS) is 18.5. The van der Waals surface area contributed by atoms with Crippen LogP contribution in [0.2, 0.25) is 0 Å². The first-order valence-corrected chi connectivity index (χ1v) is 8.60. The number of ether oxygens (including phenoxy) is 1. The fourth-order valence-electron chi connectivity index (χ4n) is 3.18.